The van der Waals surface area contributed by atoms with E-state index in [0.29, 0.717) is 25.5 Å². The Balaban J connectivity index is 0.000000219. The standard InChI is InChI=1S/4C18H15P.C13H10ClNO2.C7H8BClO2.C6H4BrNO2.CH2O3.3K.Pd/c4*1-4-10-16(11-5-1)19(17-12-6-2-7-13-17)18-14-8-3-9-15-18;1-9-8-10(14)6-7-11(9)12-4-2-3-5-13(12)15(16)17;1-5-4-6(9)2-3-7(5)8(10)11;7-5-3-1-2-4-6(5)8(9)10;2-1-4-3;;;;/h4*1-15H;2-8H,1H3;2-4,10-11H,1H3;1-4H;1,3H;;;;/q;;;;;;;;;;+1;/p-1. The van der Waals surface area contributed by atoms with Gasteiger partial charge in [-0.1, -0.05) is 424 Å². The van der Waals surface area contributed by atoms with Crippen LogP contribution in [0.4, 0.5) is 11.4 Å². The van der Waals surface area contributed by atoms with Gasteiger partial charge in [0.1, 0.15) is 0 Å². The van der Waals surface area contributed by atoms with Gasteiger partial charge in [0.15, 0.2) is 0 Å². The molecule has 11 nitrogen and oxygen atoms in total. The van der Waals surface area contributed by atoms with Crippen molar-refractivity contribution in [3.63, 3.8) is 0 Å². The number of hydrogen-bond acceptors (Lipinski definition) is 9. The number of aryl methyl sites for hydroxylation is 2. The average Bonchev–Trinajstić information content (AvgIpc) is 0.820. The summed E-state index contributed by atoms with van der Waals surface area (Å²) in [6.45, 7) is 3.48. The molecule has 16 aromatic rings. The van der Waals surface area contributed by atoms with E-state index in [2.05, 4.69) is 385 Å². The van der Waals surface area contributed by atoms with Gasteiger partial charge in [0.25, 0.3) is 17.8 Å². The maximum Gasteiger partial charge on any atom is 0 e. The Labute approximate surface area is 841 Å². The summed E-state index contributed by atoms with van der Waals surface area (Å²) in [6, 6.07) is 153. The van der Waals surface area contributed by atoms with E-state index in [4.69, 9.17) is 43.3 Å². The fourth-order valence-corrected chi connectivity index (χ4v) is 22.1. The number of nitro groups is 2. The summed E-state index contributed by atoms with van der Waals surface area (Å²) < 4.78 is 0.514. The average molecular weight is 1950 g/mol. The number of carbonyl (C=O) groups is 1. The van der Waals surface area contributed by atoms with Crippen LogP contribution in [0.1, 0.15) is 11.1 Å². The van der Waals surface area contributed by atoms with Crippen LogP contribution in [0.25, 0.3) is 11.1 Å². The smallest absolute Gasteiger partial charge is 0 e. The number of rotatable bonds is 17. The first kappa shape index (κ1) is 105. The molecule has 0 atom stereocenters. The van der Waals surface area contributed by atoms with Crippen LogP contribution >= 0.6 is 70.8 Å². The van der Waals surface area contributed by atoms with Crippen LogP contribution in [0, 0.1) is 34.1 Å². The minimum atomic E-state index is -1.41. The van der Waals surface area contributed by atoms with Crippen LogP contribution in [0.5, 0.6) is 0 Å². The van der Waals surface area contributed by atoms with Crippen molar-refractivity contribution in [2.75, 3.05) is 0 Å². The molecule has 0 fully saturated rings. The normalized spacial score (nSPS) is 9.90. The SMILES string of the molecule is Cc1cc(Cl)ccc1-c1ccccc1[N+](=O)[O-].Cc1cc(Cl)ccc1B(O)O.O=CO[O-].O=[N+]([O-])c1ccccc1Br.[K+].[K][K].[Pd].c1ccc(P(c2ccccc2)c2ccccc2)cc1.c1ccc(P(c2ccccc2)c2ccccc2)cc1.c1ccc(P(c2ccccc2)c2ccccc2)cc1.c1ccc(P(c2ccccc2)c2ccccc2)cc1. The van der Waals surface area contributed by atoms with Crippen molar-refractivity contribution < 1.29 is 107 Å². The molecule has 0 aromatic heterocycles. The Kier molecular flexibility index (Phi) is 52.2. The molecule has 0 aliphatic rings. The van der Waals surface area contributed by atoms with Gasteiger partial charge in [-0.25, -0.2) is 0 Å². The third kappa shape index (κ3) is 35.4. The van der Waals surface area contributed by atoms with Gasteiger partial charge in [-0.05, 0) is 184 Å². The first-order chi connectivity index (χ1) is 58.6. The van der Waals surface area contributed by atoms with Gasteiger partial charge in [-0.2, -0.15) is 0 Å². The largest absolute Gasteiger partial charge is 0.0622 e. The van der Waals surface area contributed by atoms with Crippen molar-refractivity contribution in [1.29, 1.82) is 0 Å². The van der Waals surface area contributed by atoms with Crippen LogP contribution < -0.4 is 126 Å². The second-order valence-corrected chi connectivity index (χ2v) is 36.0. The van der Waals surface area contributed by atoms with Gasteiger partial charge in [0.2, 0.25) is 0 Å². The number of nitro benzene ring substituents is 2. The topological polar surface area (TPSA) is 176 Å². The summed E-state index contributed by atoms with van der Waals surface area (Å²) in [5, 5.41) is 65.2. The Morgan fingerprint density at radius 1 is 0.328 bits per heavy atom. The number of nitrogens with zero attached hydrogens (tertiary/aromatic N) is 2. The molecule has 0 amide bonds. The minimum absolute atomic E-state index is 0. The summed E-state index contributed by atoms with van der Waals surface area (Å²) in [7, 11) is -3.19. The molecule has 0 aliphatic carbocycles. The molecule has 0 bridgehead atoms. The first-order valence-electron chi connectivity index (χ1n) is 38.2. The second-order valence-electron chi connectivity index (χ2n) is 25.4. The molecule has 122 heavy (non-hydrogen) atoms. The van der Waals surface area contributed by atoms with E-state index < -0.39 is 43.7 Å². The van der Waals surface area contributed by atoms with Gasteiger partial charge in [-0.15, -0.1) is 0 Å². The summed E-state index contributed by atoms with van der Waals surface area (Å²) in [6.07, 6.45) is 0. The minimum Gasteiger partial charge on any atom is -0.0622 e. The molecule has 0 spiro atoms. The number of carbonyl (C=O) groups excluding carboxylic acids is 1. The summed E-state index contributed by atoms with van der Waals surface area (Å²) in [4.78, 5) is 31.6. The molecule has 16 aromatic carbocycles. The second kappa shape index (κ2) is 60.7. The van der Waals surface area contributed by atoms with Crippen LogP contribution in [-0.2, 0) is 30.1 Å². The maximum atomic E-state index is 11.0. The number of benzene rings is 16. The van der Waals surface area contributed by atoms with Gasteiger partial charge in [0, 0.05) is 42.6 Å². The molecule has 0 heterocycles. The van der Waals surface area contributed by atoms with Gasteiger partial charge in [0.05, 0.1) is 19.9 Å². The van der Waals surface area contributed by atoms with E-state index in [9.17, 15) is 20.2 Å². The van der Waals surface area contributed by atoms with Gasteiger partial charge >= 0.3 is 122 Å². The molecule has 0 aliphatic heterocycles. The van der Waals surface area contributed by atoms with Crippen LogP contribution in [0.2, 0.25) is 10.0 Å². The Hall–Kier alpha value is -5.91. The predicted molar refractivity (Wildman–Crippen MR) is 514 cm³/mol. The molecule has 0 saturated carbocycles. The molecule has 23 heteroatoms. The van der Waals surface area contributed by atoms with Crippen LogP contribution in [0.3, 0.4) is 0 Å². The van der Waals surface area contributed by atoms with E-state index in [1.165, 1.54) is 139 Å². The van der Waals surface area contributed by atoms with Crippen molar-refractivity contribution in [2.24, 2.45) is 0 Å². The van der Waals surface area contributed by atoms with E-state index in [-0.39, 0.29) is 94.6 Å². The zero-order chi connectivity index (χ0) is 85.5. The molecular weight excluding hydrogens is 1870 g/mol. The Morgan fingerprint density at radius 3 is 0.713 bits per heavy atom. The Bertz CT molecular complexity index is 4770. The third-order valence-electron chi connectivity index (χ3n) is 17.4. The zero-order valence-electron chi connectivity index (χ0n) is 67.8. The quantitative estimate of drug-likeness (QED) is 0.0224. The molecule has 16 rings (SSSR count). The van der Waals surface area contributed by atoms with Crippen molar-refractivity contribution in [3.8, 4) is 11.1 Å². The zero-order valence-corrected chi connectivity index (χ0v) is 85.4. The van der Waals surface area contributed by atoms with Crippen LogP contribution in [0.15, 0.2) is 453 Å². The van der Waals surface area contributed by atoms with Crippen molar-refractivity contribution in [1.82, 2.24) is 0 Å². The molecular formula is C99H83BBrCl2K3N2O9P4Pd. The van der Waals surface area contributed by atoms with E-state index in [0.717, 1.165) is 16.7 Å². The van der Waals surface area contributed by atoms with Crippen molar-refractivity contribution in [3.05, 3.63) is 495 Å². The van der Waals surface area contributed by atoms with Gasteiger partial charge in [-0.3, -0.25) is 25.0 Å². The number of para-hydroxylation sites is 2. The number of hydrogen-bond donors (Lipinski definition) is 2. The Morgan fingerprint density at radius 2 is 0.525 bits per heavy atom. The maximum absolute atomic E-state index is 11.0. The van der Waals surface area contributed by atoms with Crippen LogP contribution in [-0.4, -0.2) is 96.6 Å². The fourth-order valence-electron chi connectivity index (χ4n) is 12.0. The van der Waals surface area contributed by atoms with Crippen molar-refractivity contribution >= 4 is 228 Å². The fraction of sp³-hybridized carbons (Fsp3) is 0.0202. The molecule has 0 unspecified atom stereocenters. The summed E-state index contributed by atoms with van der Waals surface area (Å²) >= 11 is 17.1. The van der Waals surface area contributed by atoms with E-state index in [1.54, 1.807) is 79.7 Å². The molecule has 2 N–H and O–H groups in total. The monoisotopic (exact) mass is 1950 g/mol. The molecule has 0 saturated heterocycles. The van der Waals surface area contributed by atoms with E-state index >= 15 is 0 Å². The van der Waals surface area contributed by atoms with Gasteiger partial charge < -0.3 is 20.2 Å². The predicted octanol–water partition coefficient (Wildman–Crippen LogP) is 15.4. The molecule has 600 valence electrons. The third-order valence-corrected chi connectivity index (χ3v) is 28.3. The summed E-state index contributed by atoms with van der Waals surface area (Å²) in [5.74, 6) is 0. The first-order valence-corrected chi connectivity index (χ1v) is 61.1. The number of halogens is 3. The van der Waals surface area contributed by atoms with Crippen molar-refractivity contribution in [2.45, 2.75) is 13.8 Å². The van der Waals surface area contributed by atoms with E-state index in [1.807, 2.05) is 6.92 Å². The molecule has 0 radical (unpaired) electrons. The summed E-state index contributed by atoms with van der Waals surface area (Å²) in [5.41, 5.74) is 3.86.